The van der Waals surface area contributed by atoms with Gasteiger partial charge in [-0.15, -0.1) is 5.10 Å². The fourth-order valence-electron chi connectivity index (χ4n) is 3.73. The monoisotopic (exact) mass is 470 g/mol. The van der Waals surface area contributed by atoms with Gasteiger partial charge in [-0.25, -0.2) is 9.78 Å². The minimum absolute atomic E-state index is 0.142. The van der Waals surface area contributed by atoms with Crippen molar-refractivity contribution in [3.63, 3.8) is 0 Å². The fraction of sp³-hybridized carbons (Fsp3) is 0.542. The van der Waals surface area contributed by atoms with Crippen LogP contribution in [0.3, 0.4) is 0 Å². The van der Waals surface area contributed by atoms with Crippen LogP contribution in [0.5, 0.6) is 0 Å². The fourth-order valence-corrected chi connectivity index (χ4v) is 4.69. The van der Waals surface area contributed by atoms with Crippen molar-refractivity contribution in [3.8, 4) is 11.3 Å². The second-order valence-corrected chi connectivity index (χ2v) is 11.5. The number of ether oxygens (including phenoxy) is 1. The third kappa shape index (κ3) is 5.40. The maximum atomic E-state index is 12.4. The summed E-state index contributed by atoms with van der Waals surface area (Å²) in [4.78, 5) is 22.2. The lowest BCUT2D eigenvalue weighted by Gasteiger charge is -2.35. The molecule has 2 aromatic heterocycles. The van der Waals surface area contributed by atoms with Crippen LogP contribution in [0.4, 0.5) is 15.7 Å². The van der Waals surface area contributed by atoms with Crippen molar-refractivity contribution in [2.24, 2.45) is 0 Å². The molecule has 1 aliphatic heterocycles. The Labute approximate surface area is 199 Å². The zero-order valence-electron chi connectivity index (χ0n) is 20.6. The van der Waals surface area contributed by atoms with Crippen LogP contribution < -0.4 is 10.2 Å². The Kier molecular flexibility index (Phi) is 6.03. The van der Waals surface area contributed by atoms with Gasteiger partial charge in [-0.3, -0.25) is 0 Å². The molecular weight excluding hydrogens is 436 g/mol. The van der Waals surface area contributed by atoms with Gasteiger partial charge < -0.3 is 19.9 Å². The summed E-state index contributed by atoms with van der Waals surface area (Å²) in [6, 6.07) is 8.38. The summed E-state index contributed by atoms with van der Waals surface area (Å²) >= 11 is 1.58. The topological polar surface area (TPSA) is 75.0 Å². The van der Waals surface area contributed by atoms with Crippen LogP contribution in [-0.4, -0.2) is 62.9 Å². The molecule has 0 bridgehead atoms. The van der Waals surface area contributed by atoms with Gasteiger partial charge in [-0.1, -0.05) is 35.1 Å². The third-order valence-electron chi connectivity index (χ3n) is 5.18. The first kappa shape index (κ1) is 23.4. The molecule has 1 amide bonds. The molecule has 0 spiro atoms. The number of fused-ring (bicyclic) bond motifs is 1. The largest absolute Gasteiger partial charge is 0.444 e. The smallest absolute Gasteiger partial charge is 0.410 e. The van der Waals surface area contributed by atoms with Crippen LogP contribution in [0.15, 0.2) is 24.3 Å². The van der Waals surface area contributed by atoms with Gasteiger partial charge in [0.15, 0.2) is 5.82 Å². The van der Waals surface area contributed by atoms with E-state index in [1.54, 1.807) is 16.2 Å². The van der Waals surface area contributed by atoms with Crippen molar-refractivity contribution >= 4 is 33.3 Å². The van der Waals surface area contributed by atoms with Gasteiger partial charge >= 0.3 is 6.09 Å². The number of anilines is 2. The van der Waals surface area contributed by atoms with Gasteiger partial charge in [0.2, 0.25) is 10.1 Å². The minimum Gasteiger partial charge on any atom is -0.444 e. The van der Waals surface area contributed by atoms with E-state index in [0.29, 0.717) is 26.2 Å². The number of hydrogen-bond acceptors (Lipinski definition) is 7. The minimum atomic E-state index is -0.486. The van der Waals surface area contributed by atoms with E-state index in [0.717, 1.165) is 27.2 Å². The van der Waals surface area contributed by atoms with Gasteiger partial charge in [0.25, 0.3) is 0 Å². The van der Waals surface area contributed by atoms with Crippen LogP contribution in [0.1, 0.15) is 47.1 Å². The maximum absolute atomic E-state index is 12.4. The van der Waals surface area contributed by atoms with Crippen LogP contribution >= 0.6 is 11.3 Å². The molecule has 33 heavy (non-hydrogen) atoms. The Morgan fingerprint density at radius 3 is 2.39 bits per heavy atom. The molecule has 1 aliphatic rings. The molecule has 3 aromatic rings. The number of aromatic nitrogens is 3. The predicted octanol–water partition coefficient (Wildman–Crippen LogP) is 5.03. The molecule has 0 aliphatic carbocycles. The quantitative estimate of drug-likeness (QED) is 0.578. The average Bonchev–Trinajstić information content (AvgIpc) is 3.25. The van der Waals surface area contributed by atoms with Crippen LogP contribution in [0.2, 0.25) is 0 Å². The van der Waals surface area contributed by atoms with E-state index in [9.17, 15) is 4.79 Å². The summed E-state index contributed by atoms with van der Waals surface area (Å²) < 4.78 is 7.43. The van der Waals surface area contributed by atoms with Gasteiger partial charge in [0, 0.05) is 37.3 Å². The normalized spacial score (nSPS) is 15.2. The molecule has 4 rings (SSSR count). The summed E-state index contributed by atoms with van der Waals surface area (Å²) in [7, 11) is 0. The van der Waals surface area contributed by atoms with Crippen molar-refractivity contribution in [1.82, 2.24) is 19.5 Å². The van der Waals surface area contributed by atoms with Crippen molar-refractivity contribution in [2.45, 2.75) is 59.6 Å². The van der Waals surface area contributed by atoms with Crippen molar-refractivity contribution in [1.29, 1.82) is 0 Å². The molecule has 1 fully saturated rings. The molecule has 0 atom stereocenters. The van der Waals surface area contributed by atoms with Crippen molar-refractivity contribution in [2.75, 3.05) is 36.4 Å². The number of piperazine rings is 1. The number of carbonyl (C=O) groups excluding carboxylic acids is 1. The highest BCUT2D eigenvalue weighted by Crippen LogP contribution is 2.35. The van der Waals surface area contributed by atoms with Crippen molar-refractivity contribution < 1.29 is 9.53 Å². The summed E-state index contributed by atoms with van der Waals surface area (Å²) in [5, 5.41) is 9.44. The van der Waals surface area contributed by atoms with Gasteiger partial charge in [-0.2, -0.15) is 4.52 Å². The molecule has 1 saturated heterocycles. The highest BCUT2D eigenvalue weighted by Gasteiger charge is 2.28. The van der Waals surface area contributed by atoms with E-state index in [4.69, 9.17) is 14.8 Å². The van der Waals surface area contributed by atoms with E-state index in [2.05, 4.69) is 62.2 Å². The molecule has 1 aromatic carbocycles. The zero-order valence-corrected chi connectivity index (χ0v) is 21.4. The Hall–Kier alpha value is -2.81. The first-order chi connectivity index (χ1) is 15.4. The molecule has 0 radical (unpaired) electrons. The Morgan fingerprint density at radius 1 is 1.09 bits per heavy atom. The highest BCUT2D eigenvalue weighted by atomic mass is 32.1. The number of nitrogens with zero attached hydrogens (tertiary/aromatic N) is 5. The number of amides is 1. The molecule has 1 N–H and O–H groups in total. The zero-order chi connectivity index (χ0) is 24.0. The predicted molar refractivity (Wildman–Crippen MR) is 134 cm³/mol. The number of imidazole rings is 1. The maximum Gasteiger partial charge on any atom is 0.410 e. The molecule has 9 heteroatoms. The number of rotatable bonds is 3. The van der Waals surface area contributed by atoms with Gasteiger partial charge in [-0.05, 0) is 54.5 Å². The summed E-state index contributed by atoms with van der Waals surface area (Å²) in [6.45, 7) is 16.8. The average molecular weight is 471 g/mol. The van der Waals surface area contributed by atoms with E-state index in [1.165, 1.54) is 5.56 Å². The number of hydrogen-bond donors (Lipinski definition) is 1. The van der Waals surface area contributed by atoms with E-state index in [-0.39, 0.29) is 11.6 Å². The van der Waals surface area contributed by atoms with Gasteiger partial charge in [0.05, 0.1) is 0 Å². The standard InChI is InChI=1S/C24H34N6O2S/c1-16-9-8-10-17(15-16)18-19(26-23(2,3)4)30-20(25-18)33-21(27-30)28-11-13-29(14-12-28)22(31)32-24(5,6)7/h8-10,15,26H,11-14H2,1-7H3. The van der Waals surface area contributed by atoms with E-state index < -0.39 is 5.60 Å². The number of carbonyl (C=O) groups is 1. The first-order valence-corrected chi connectivity index (χ1v) is 12.2. The number of benzene rings is 1. The Balaban J connectivity index is 1.58. The third-order valence-corrected chi connectivity index (χ3v) is 6.15. The number of nitrogens with one attached hydrogen (secondary N) is 1. The molecular formula is C24H34N6O2S. The Morgan fingerprint density at radius 2 is 1.79 bits per heavy atom. The van der Waals surface area contributed by atoms with Crippen molar-refractivity contribution in [3.05, 3.63) is 29.8 Å². The molecule has 0 saturated carbocycles. The first-order valence-electron chi connectivity index (χ1n) is 11.4. The summed E-state index contributed by atoms with van der Waals surface area (Å²) in [5.41, 5.74) is 2.56. The second-order valence-electron chi connectivity index (χ2n) is 10.6. The lowest BCUT2D eigenvalue weighted by molar-refractivity contribution is 0.0240. The molecule has 3 heterocycles. The Bertz CT molecular complexity index is 1150. The van der Waals surface area contributed by atoms with Crippen LogP contribution in [0.25, 0.3) is 16.2 Å². The van der Waals surface area contributed by atoms with Gasteiger partial charge in [0.1, 0.15) is 11.3 Å². The SMILES string of the molecule is Cc1cccc(-c2nc3sc(N4CCN(C(=O)OC(C)(C)C)CC4)nn3c2NC(C)(C)C)c1. The highest BCUT2D eigenvalue weighted by molar-refractivity contribution is 7.20. The lowest BCUT2D eigenvalue weighted by atomic mass is 10.1. The molecule has 178 valence electrons. The van der Waals surface area contributed by atoms with E-state index >= 15 is 0 Å². The van der Waals surface area contributed by atoms with Crippen LogP contribution in [-0.2, 0) is 4.74 Å². The lowest BCUT2D eigenvalue weighted by Crippen LogP contribution is -2.50. The van der Waals surface area contributed by atoms with E-state index in [1.807, 2.05) is 25.3 Å². The van der Waals surface area contributed by atoms with Crippen LogP contribution in [0, 0.1) is 6.92 Å². The summed E-state index contributed by atoms with van der Waals surface area (Å²) in [5.74, 6) is 0.901. The summed E-state index contributed by atoms with van der Waals surface area (Å²) in [6.07, 6.45) is -0.254. The molecule has 8 nitrogen and oxygen atoms in total. The molecule has 0 unspecified atom stereocenters. The second kappa shape index (κ2) is 8.52. The number of aryl methyl sites for hydroxylation is 1.